The van der Waals surface area contributed by atoms with Crippen molar-refractivity contribution in [2.45, 2.75) is 64.6 Å². The van der Waals surface area contributed by atoms with Crippen molar-refractivity contribution < 1.29 is 18.6 Å². The largest absolute Gasteiger partial charge is 0.350 e. The fourth-order valence-corrected chi connectivity index (χ4v) is 6.64. The molecule has 1 atom stereocenters. The number of rotatable bonds is 11. The molecule has 0 aliphatic heterocycles. The molecular weight excluding hydrogens is 458 g/mol. The summed E-state index contributed by atoms with van der Waals surface area (Å²) in [6, 6.07) is 5.04. The topological polar surface area (TPSA) is 76.7 Å². The van der Waals surface area contributed by atoms with Crippen molar-refractivity contribution in [3.63, 3.8) is 0 Å². The lowest BCUT2D eigenvalue weighted by molar-refractivity contribution is -0.178. The summed E-state index contributed by atoms with van der Waals surface area (Å²) in [6.45, 7) is 9.03. The Kier molecular flexibility index (Phi) is 7.92. The number of amides is 2. The summed E-state index contributed by atoms with van der Waals surface area (Å²) < 4.78 is 11.6. The van der Waals surface area contributed by atoms with E-state index in [0.29, 0.717) is 60.5 Å². The van der Waals surface area contributed by atoms with Gasteiger partial charge < -0.3 is 19.7 Å². The van der Waals surface area contributed by atoms with Crippen LogP contribution < -0.4 is 10.6 Å². The van der Waals surface area contributed by atoms with Crippen molar-refractivity contribution in [1.82, 2.24) is 5.32 Å². The number of benzene rings is 1. The van der Waals surface area contributed by atoms with Gasteiger partial charge in [0.05, 0.1) is 28.7 Å². The highest BCUT2D eigenvalue weighted by molar-refractivity contribution is 7.49. The molecule has 0 aromatic heterocycles. The van der Waals surface area contributed by atoms with Crippen LogP contribution in [0.4, 0.5) is 5.69 Å². The van der Waals surface area contributed by atoms with Gasteiger partial charge in [-0.05, 0) is 63.6 Å². The molecule has 31 heavy (non-hydrogen) atoms. The first-order chi connectivity index (χ1) is 14.6. The summed E-state index contributed by atoms with van der Waals surface area (Å²) in [5, 5.41) is 7.00. The first kappa shape index (κ1) is 24.7. The molecular formula is C22H31Cl2N2O4P. The Morgan fingerprint density at radius 2 is 1.71 bits per heavy atom. The highest BCUT2D eigenvalue weighted by atomic mass is 35.5. The van der Waals surface area contributed by atoms with Gasteiger partial charge in [-0.15, -0.1) is 0 Å². The van der Waals surface area contributed by atoms with Gasteiger partial charge in [0, 0.05) is 11.2 Å². The highest BCUT2D eigenvalue weighted by Gasteiger charge is 2.72. The molecule has 9 heteroatoms. The van der Waals surface area contributed by atoms with Crippen LogP contribution in [-0.2, 0) is 18.6 Å². The molecule has 0 spiro atoms. The van der Waals surface area contributed by atoms with Crippen molar-refractivity contribution >= 4 is 49.1 Å². The number of anilines is 1. The van der Waals surface area contributed by atoms with E-state index in [-0.39, 0.29) is 23.0 Å². The maximum Gasteiger partial charge on any atom is 0.232 e. The van der Waals surface area contributed by atoms with Crippen LogP contribution in [0.3, 0.4) is 0 Å². The average Bonchev–Trinajstić information content (AvgIpc) is 2.64. The molecule has 1 unspecified atom stereocenters. The summed E-state index contributed by atoms with van der Waals surface area (Å²) in [6.07, 6.45) is 2.65. The third kappa shape index (κ3) is 5.36. The van der Waals surface area contributed by atoms with Gasteiger partial charge in [-0.25, -0.2) is 0 Å². The fourth-order valence-electron chi connectivity index (χ4n) is 4.55. The Hall–Kier alpha value is -0.910. The van der Waals surface area contributed by atoms with Crippen molar-refractivity contribution in [3.05, 3.63) is 28.2 Å². The fraction of sp³-hybridized carbons (Fsp3) is 0.636. The number of nitrogens with one attached hydrogen (secondary N) is 2. The van der Waals surface area contributed by atoms with Crippen LogP contribution in [0.5, 0.6) is 0 Å². The lowest BCUT2D eigenvalue weighted by Gasteiger charge is -2.69. The van der Waals surface area contributed by atoms with Crippen LogP contribution in [-0.4, -0.2) is 36.2 Å². The standard InChI is InChI=1S/C22H31Cl2N2O4P/c1-5-29-31(30-6-2)18(9-14(3)4)19(27)26-22-11-21(12-22,13-22)20(28)25-15-7-8-16(23)17(24)10-15/h7-8,10,14,18H,5-6,9,11-13H2,1-4H3,(H,25,28)(H,26,27). The highest BCUT2D eigenvalue weighted by Crippen LogP contribution is 2.67. The number of carbonyl (C=O) groups excluding carboxylic acids is 2. The second-order valence-electron chi connectivity index (χ2n) is 8.93. The first-order valence-electron chi connectivity index (χ1n) is 10.8. The Morgan fingerprint density at radius 1 is 1.10 bits per heavy atom. The van der Waals surface area contributed by atoms with Gasteiger partial charge in [-0.2, -0.15) is 0 Å². The normalized spacial score (nSPS) is 25.0. The summed E-state index contributed by atoms with van der Waals surface area (Å²) in [5.41, 5.74) is -0.402. The van der Waals surface area contributed by atoms with Crippen LogP contribution in [0.2, 0.25) is 10.0 Å². The Balaban J connectivity index is 1.58. The van der Waals surface area contributed by atoms with E-state index in [1.54, 1.807) is 18.2 Å². The van der Waals surface area contributed by atoms with Gasteiger partial charge in [0.25, 0.3) is 0 Å². The van der Waals surface area contributed by atoms with Gasteiger partial charge in [0.2, 0.25) is 11.8 Å². The molecule has 3 fully saturated rings. The van der Waals surface area contributed by atoms with E-state index in [4.69, 9.17) is 32.2 Å². The smallest absolute Gasteiger partial charge is 0.232 e. The predicted octanol–water partition coefficient (Wildman–Crippen LogP) is 5.77. The maximum absolute atomic E-state index is 13.2. The molecule has 2 bridgehead atoms. The van der Waals surface area contributed by atoms with E-state index in [1.165, 1.54) is 0 Å². The average molecular weight is 489 g/mol. The van der Waals surface area contributed by atoms with Gasteiger partial charge in [-0.3, -0.25) is 9.59 Å². The van der Waals surface area contributed by atoms with Crippen LogP contribution in [0.25, 0.3) is 0 Å². The molecule has 0 heterocycles. The van der Waals surface area contributed by atoms with E-state index in [9.17, 15) is 9.59 Å². The summed E-state index contributed by atoms with van der Waals surface area (Å²) in [7, 11) is -1.29. The molecule has 4 rings (SSSR count). The number of hydrogen-bond donors (Lipinski definition) is 2. The van der Waals surface area contributed by atoms with Crippen molar-refractivity contribution in [2.24, 2.45) is 11.3 Å². The summed E-state index contributed by atoms with van der Waals surface area (Å²) in [4.78, 5) is 26.0. The van der Waals surface area contributed by atoms with Crippen LogP contribution in [0.1, 0.15) is 53.4 Å². The molecule has 0 saturated heterocycles. The molecule has 3 aliphatic carbocycles. The van der Waals surface area contributed by atoms with E-state index in [1.807, 2.05) is 13.8 Å². The third-order valence-electron chi connectivity index (χ3n) is 5.84. The number of halogens is 2. The second-order valence-corrected chi connectivity index (χ2v) is 11.5. The zero-order valence-corrected chi connectivity index (χ0v) is 20.9. The number of hydrogen-bond acceptors (Lipinski definition) is 4. The van der Waals surface area contributed by atoms with Gasteiger partial charge >= 0.3 is 0 Å². The molecule has 3 aliphatic rings. The molecule has 0 radical (unpaired) electrons. The Labute approximate surface area is 195 Å². The minimum atomic E-state index is -1.29. The molecule has 2 N–H and O–H groups in total. The lowest BCUT2D eigenvalue weighted by atomic mass is 9.39. The molecule has 1 aromatic rings. The Bertz CT molecular complexity index is 810. The minimum absolute atomic E-state index is 0.0279. The van der Waals surface area contributed by atoms with Gasteiger partial charge in [0.15, 0.2) is 8.38 Å². The van der Waals surface area contributed by atoms with E-state index in [2.05, 4.69) is 24.5 Å². The number of carbonyl (C=O) groups is 2. The second kappa shape index (κ2) is 9.93. The molecule has 2 amide bonds. The van der Waals surface area contributed by atoms with Gasteiger partial charge in [0.1, 0.15) is 5.66 Å². The van der Waals surface area contributed by atoms with E-state index in [0.717, 1.165) is 0 Å². The quantitative estimate of drug-likeness (QED) is 0.387. The van der Waals surface area contributed by atoms with Crippen molar-refractivity contribution in [3.8, 4) is 0 Å². The van der Waals surface area contributed by atoms with Gasteiger partial charge in [-0.1, -0.05) is 37.0 Å². The van der Waals surface area contributed by atoms with Crippen LogP contribution in [0.15, 0.2) is 18.2 Å². The van der Waals surface area contributed by atoms with Crippen LogP contribution >= 0.6 is 31.6 Å². The summed E-state index contributed by atoms with van der Waals surface area (Å²) in [5.74, 6) is 0.282. The molecule has 6 nitrogen and oxygen atoms in total. The van der Waals surface area contributed by atoms with Crippen molar-refractivity contribution in [1.29, 1.82) is 0 Å². The minimum Gasteiger partial charge on any atom is -0.350 e. The van der Waals surface area contributed by atoms with Crippen LogP contribution in [0, 0.1) is 11.3 Å². The monoisotopic (exact) mass is 488 g/mol. The SMILES string of the molecule is CCOP(OCC)C(CC(C)C)C(=O)NC12CC(C(=O)Nc3ccc(Cl)c(Cl)c3)(C1)C2. The third-order valence-corrected chi connectivity index (χ3v) is 8.56. The van der Waals surface area contributed by atoms with E-state index >= 15 is 0 Å². The summed E-state index contributed by atoms with van der Waals surface area (Å²) >= 11 is 12.0. The zero-order valence-electron chi connectivity index (χ0n) is 18.5. The molecule has 172 valence electrons. The Morgan fingerprint density at radius 3 is 2.23 bits per heavy atom. The first-order valence-corrected chi connectivity index (χ1v) is 12.8. The van der Waals surface area contributed by atoms with Crippen molar-refractivity contribution in [2.75, 3.05) is 18.5 Å². The molecule has 3 saturated carbocycles. The lowest BCUT2D eigenvalue weighted by Crippen LogP contribution is -2.78. The zero-order chi connectivity index (χ0) is 22.8. The van der Waals surface area contributed by atoms with E-state index < -0.39 is 13.8 Å². The maximum atomic E-state index is 13.2. The predicted molar refractivity (Wildman–Crippen MR) is 126 cm³/mol. The molecule has 1 aromatic carbocycles.